The maximum Gasteiger partial charge on any atom is 0.243 e. The SMILES string of the molecule is Cc1cccc(CN(C(=O)CSCc2ccccc2Cl)[C@H](Cc2ccccc2)C(=O)NC(C)(C)C)c1. The van der Waals surface area contributed by atoms with Crippen molar-refractivity contribution in [1.82, 2.24) is 10.2 Å². The fourth-order valence-electron chi connectivity index (χ4n) is 3.96. The van der Waals surface area contributed by atoms with Crippen LogP contribution in [0.5, 0.6) is 0 Å². The lowest BCUT2D eigenvalue weighted by molar-refractivity contribution is -0.140. The van der Waals surface area contributed by atoms with Gasteiger partial charge in [-0.25, -0.2) is 0 Å². The molecule has 3 aromatic rings. The molecule has 3 rings (SSSR count). The Morgan fingerprint density at radius 2 is 1.61 bits per heavy atom. The minimum atomic E-state index is -0.638. The van der Waals surface area contributed by atoms with Crippen molar-refractivity contribution in [3.63, 3.8) is 0 Å². The molecule has 0 saturated heterocycles. The lowest BCUT2D eigenvalue weighted by Crippen LogP contribution is -2.54. The Labute approximate surface area is 224 Å². The van der Waals surface area contributed by atoms with Crippen molar-refractivity contribution in [2.75, 3.05) is 5.75 Å². The molecule has 0 saturated carbocycles. The molecular formula is C30H35ClN2O2S. The highest BCUT2D eigenvalue weighted by Crippen LogP contribution is 2.23. The number of hydrogen-bond donors (Lipinski definition) is 1. The summed E-state index contributed by atoms with van der Waals surface area (Å²) in [6.07, 6.45) is 0.440. The van der Waals surface area contributed by atoms with E-state index in [0.717, 1.165) is 22.3 Å². The van der Waals surface area contributed by atoms with Crippen LogP contribution in [0.4, 0.5) is 0 Å². The molecule has 0 bridgehead atoms. The number of aryl methyl sites for hydroxylation is 1. The number of rotatable bonds is 10. The molecule has 0 aromatic heterocycles. The van der Waals surface area contributed by atoms with Gasteiger partial charge in [-0.1, -0.05) is 90.0 Å². The number of nitrogens with zero attached hydrogens (tertiary/aromatic N) is 1. The molecule has 36 heavy (non-hydrogen) atoms. The van der Waals surface area contributed by atoms with E-state index in [1.165, 1.54) is 11.8 Å². The molecule has 0 aliphatic heterocycles. The van der Waals surface area contributed by atoms with Crippen LogP contribution < -0.4 is 5.32 Å². The van der Waals surface area contributed by atoms with E-state index in [1.54, 1.807) is 4.90 Å². The molecule has 0 spiro atoms. The van der Waals surface area contributed by atoms with Crippen molar-refractivity contribution in [2.45, 2.75) is 58.0 Å². The second kappa shape index (κ2) is 13.0. The first-order valence-corrected chi connectivity index (χ1v) is 13.7. The Morgan fingerprint density at radius 1 is 0.944 bits per heavy atom. The van der Waals surface area contributed by atoms with Crippen LogP contribution in [-0.4, -0.2) is 34.0 Å². The number of carbonyl (C=O) groups excluding carboxylic acids is 2. The van der Waals surface area contributed by atoms with Crippen molar-refractivity contribution in [3.8, 4) is 0 Å². The van der Waals surface area contributed by atoms with Crippen LogP contribution in [0.3, 0.4) is 0 Å². The van der Waals surface area contributed by atoms with E-state index in [4.69, 9.17) is 11.6 Å². The minimum Gasteiger partial charge on any atom is -0.350 e. The Kier molecular flexibility index (Phi) is 10.0. The minimum absolute atomic E-state index is 0.0708. The van der Waals surface area contributed by atoms with E-state index in [0.29, 0.717) is 23.7 Å². The molecule has 0 heterocycles. The molecule has 4 nitrogen and oxygen atoms in total. The third kappa shape index (κ3) is 8.72. The molecule has 0 radical (unpaired) electrons. The van der Waals surface area contributed by atoms with Gasteiger partial charge in [0, 0.05) is 29.3 Å². The van der Waals surface area contributed by atoms with Crippen molar-refractivity contribution in [1.29, 1.82) is 0 Å². The second-order valence-corrected chi connectivity index (χ2v) is 11.4. The van der Waals surface area contributed by atoms with E-state index in [9.17, 15) is 9.59 Å². The molecule has 0 aliphatic carbocycles. The number of hydrogen-bond acceptors (Lipinski definition) is 3. The van der Waals surface area contributed by atoms with Gasteiger partial charge in [0.05, 0.1) is 5.75 Å². The normalized spacial score (nSPS) is 12.1. The molecule has 6 heteroatoms. The third-order valence-electron chi connectivity index (χ3n) is 5.65. The lowest BCUT2D eigenvalue weighted by Gasteiger charge is -2.34. The molecular weight excluding hydrogens is 488 g/mol. The first kappa shape index (κ1) is 27.8. The smallest absolute Gasteiger partial charge is 0.243 e. The van der Waals surface area contributed by atoms with Crippen molar-refractivity contribution < 1.29 is 9.59 Å². The molecule has 1 N–H and O–H groups in total. The molecule has 0 fully saturated rings. The zero-order valence-electron chi connectivity index (χ0n) is 21.5. The quantitative estimate of drug-likeness (QED) is 0.333. The Hall–Kier alpha value is -2.76. The molecule has 0 aliphatic rings. The van der Waals surface area contributed by atoms with Gasteiger partial charge in [0.25, 0.3) is 0 Å². The van der Waals surface area contributed by atoms with E-state index < -0.39 is 11.6 Å². The predicted molar refractivity (Wildman–Crippen MR) is 151 cm³/mol. The summed E-state index contributed by atoms with van der Waals surface area (Å²) >= 11 is 7.82. The van der Waals surface area contributed by atoms with Gasteiger partial charge in [-0.05, 0) is 50.5 Å². The zero-order valence-corrected chi connectivity index (χ0v) is 23.0. The summed E-state index contributed by atoms with van der Waals surface area (Å²) < 4.78 is 0. The predicted octanol–water partition coefficient (Wildman–Crippen LogP) is 6.44. The highest BCUT2D eigenvalue weighted by atomic mass is 35.5. The van der Waals surface area contributed by atoms with Gasteiger partial charge in [-0.3, -0.25) is 9.59 Å². The van der Waals surface area contributed by atoms with Gasteiger partial charge in [0.1, 0.15) is 6.04 Å². The average molecular weight is 523 g/mol. The standard InChI is InChI=1S/C30H35ClN2O2S/c1-22-11-10-14-24(17-22)19-33(28(34)21-36-20-25-15-8-9-16-26(25)31)27(29(35)32-30(2,3)4)18-23-12-6-5-7-13-23/h5-17,27H,18-21H2,1-4H3,(H,32,35)/t27-/m1/s1. The third-order valence-corrected chi connectivity index (χ3v) is 6.98. The fraction of sp³-hybridized carbons (Fsp3) is 0.333. The van der Waals surface area contributed by atoms with E-state index >= 15 is 0 Å². The van der Waals surface area contributed by atoms with Crippen LogP contribution in [0, 0.1) is 6.92 Å². The number of thioether (sulfide) groups is 1. The van der Waals surface area contributed by atoms with Crippen molar-refractivity contribution in [2.24, 2.45) is 0 Å². The molecule has 3 aromatic carbocycles. The number of amides is 2. The van der Waals surface area contributed by atoms with Crippen LogP contribution in [-0.2, 0) is 28.3 Å². The van der Waals surface area contributed by atoms with Crippen LogP contribution in [0.15, 0.2) is 78.9 Å². The molecule has 2 amide bonds. The van der Waals surface area contributed by atoms with Gasteiger partial charge in [0.15, 0.2) is 0 Å². The van der Waals surface area contributed by atoms with Gasteiger partial charge >= 0.3 is 0 Å². The maximum atomic E-state index is 13.7. The zero-order chi connectivity index (χ0) is 26.1. The molecule has 190 valence electrons. The molecule has 0 unspecified atom stereocenters. The summed E-state index contributed by atoms with van der Waals surface area (Å²) in [5.74, 6) is 0.661. The Balaban J connectivity index is 1.88. The number of carbonyl (C=O) groups is 2. The largest absolute Gasteiger partial charge is 0.350 e. The Bertz CT molecular complexity index is 1160. The molecule has 1 atom stereocenters. The van der Waals surface area contributed by atoms with Gasteiger partial charge in [-0.2, -0.15) is 0 Å². The van der Waals surface area contributed by atoms with E-state index in [-0.39, 0.29) is 17.6 Å². The Morgan fingerprint density at radius 3 is 2.28 bits per heavy atom. The summed E-state index contributed by atoms with van der Waals surface area (Å²) in [5, 5.41) is 3.80. The summed E-state index contributed by atoms with van der Waals surface area (Å²) in [4.78, 5) is 29.0. The van der Waals surface area contributed by atoms with Crippen molar-refractivity contribution in [3.05, 3.63) is 106 Å². The van der Waals surface area contributed by atoms with Crippen LogP contribution >= 0.6 is 23.4 Å². The summed E-state index contributed by atoms with van der Waals surface area (Å²) in [6.45, 7) is 8.26. The van der Waals surface area contributed by atoms with Crippen molar-refractivity contribution >= 4 is 35.2 Å². The van der Waals surface area contributed by atoms with Gasteiger partial charge in [0.2, 0.25) is 11.8 Å². The summed E-state index contributed by atoms with van der Waals surface area (Å²) in [7, 11) is 0. The van der Waals surface area contributed by atoms with Crippen LogP contribution in [0.2, 0.25) is 5.02 Å². The number of nitrogens with one attached hydrogen (secondary N) is 1. The second-order valence-electron chi connectivity index (χ2n) is 10.0. The maximum absolute atomic E-state index is 13.7. The van der Waals surface area contributed by atoms with Crippen LogP contribution in [0.1, 0.15) is 43.0 Å². The van der Waals surface area contributed by atoms with Crippen LogP contribution in [0.25, 0.3) is 0 Å². The monoisotopic (exact) mass is 522 g/mol. The average Bonchev–Trinajstić information content (AvgIpc) is 2.82. The highest BCUT2D eigenvalue weighted by molar-refractivity contribution is 7.99. The summed E-state index contributed by atoms with van der Waals surface area (Å²) in [5.41, 5.74) is 3.71. The number of halogens is 1. The first-order chi connectivity index (χ1) is 17.1. The lowest BCUT2D eigenvalue weighted by atomic mass is 10.0. The van der Waals surface area contributed by atoms with Gasteiger partial charge < -0.3 is 10.2 Å². The highest BCUT2D eigenvalue weighted by Gasteiger charge is 2.32. The van der Waals surface area contributed by atoms with Gasteiger partial charge in [-0.15, -0.1) is 11.8 Å². The topological polar surface area (TPSA) is 49.4 Å². The van der Waals surface area contributed by atoms with E-state index in [2.05, 4.69) is 11.4 Å². The van der Waals surface area contributed by atoms with E-state index in [1.807, 2.05) is 100 Å². The first-order valence-electron chi connectivity index (χ1n) is 12.1. The number of benzene rings is 3. The summed E-state index contributed by atoms with van der Waals surface area (Å²) in [6, 6.07) is 25.0. The fourth-order valence-corrected chi connectivity index (χ4v) is 5.16.